The van der Waals surface area contributed by atoms with Gasteiger partial charge in [-0.05, 0) is 36.4 Å². The Morgan fingerprint density at radius 2 is 1.71 bits per heavy atom. The van der Waals surface area contributed by atoms with E-state index in [9.17, 15) is 18.0 Å². The fourth-order valence-electron chi connectivity index (χ4n) is 2.55. The van der Waals surface area contributed by atoms with Crippen LogP contribution < -0.4 is 20.1 Å². The van der Waals surface area contributed by atoms with Crippen molar-refractivity contribution in [2.24, 2.45) is 0 Å². The number of nitrogens with one attached hydrogen (secondary N) is 2. The molecule has 6 nitrogen and oxygen atoms in total. The number of halogens is 3. The van der Waals surface area contributed by atoms with E-state index in [0.29, 0.717) is 22.9 Å². The molecule has 0 bridgehead atoms. The van der Waals surface area contributed by atoms with E-state index < -0.39 is 23.4 Å². The lowest BCUT2D eigenvalue weighted by Crippen LogP contribution is -2.13. The second-order valence-corrected chi connectivity index (χ2v) is 5.80. The molecule has 2 N–H and O–H groups in total. The SMILES string of the molecule is O=C(Nc1ccc2c(c1)OCO2)c1ccc(Nc2ccc(F)c(F)c2F)cn1. The Hall–Kier alpha value is -3.75. The molecule has 2 heterocycles. The summed E-state index contributed by atoms with van der Waals surface area (Å²) in [6, 6.07) is 9.70. The van der Waals surface area contributed by atoms with Gasteiger partial charge in [0.25, 0.3) is 5.91 Å². The van der Waals surface area contributed by atoms with E-state index in [0.717, 1.165) is 12.1 Å². The molecule has 0 atom stereocenters. The van der Waals surface area contributed by atoms with E-state index in [2.05, 4.69) is 15.6 Å². The molecule has 142 valence electrons. The first-order valence-electron chi connectivity index (χ1n) is 8.09. The van der Waals surface area contributed by atoms with Crippen molar-refractivity contribution in [2.75, 3.05) is 17.4 Å². The highest BCUT2D eigenvalue weighted by Crippen LogP contribution is 2.34. The van der Waals surface area contributed by atoms with Crippen LogP contribution in [-0.4, -0.2) is 17.7 Å². The number of carbonyl (C=O) groups is 1. The molecule has 0 aliphatic carbocycles. The van der Waals surface area contributed by atoms with Crippen molar-refractivity contribution < 1.29 is 27.4 Å². The number of ether oxygens (including phenoxy) is 2. The molecular formula is C19H12F3N3O3. The molecule has 0 saturated heterocycles. The zero-order valence-electron chi connectivity index (χ0n) is 14.1. The standard InChI is InChI=1S/C19H12F3N3O3/c20-12-3-5-13(18(22)17(12)21)24-11-1-4-14(23-8-11)19(26)25-10-2-6-15-16(7-10)28-9-27-15/h1-8,24H,9H2,(H,25,26). The molecule has 0 spiro atoms. The molecule has 9 heteroatoms. The minimum atomic E-state index is -1.57. The van der Waals surface area contributed by atoms with E-state index in [4.69, 9.17) is 9.47 Å². The number of carbonyl (C=O) groups excluding carboxylic acids is 1. The van der Waals surface area contributed by atoms with Crippen molar-refractivity contribution in [2.45, 2.75) is 0 Å². The molecule has 1 amide bonds. The van der Waals surface area contributed by atoms with Gasteiger partial charge in [0.2, 0.25) is 6.79 Å². The molecule has 0 saturated carbocycles. The average molecular weight is 387 g/mol. The summed E-state index contributed by atoms with van der Waals surface area (Å²) in [6.07, 6.45) is 1.27. The van der Waals surface area contributed by atoms with Gasteiger partial charge < -0.3 is 20.1 Å². The minimum Gasteiger partial charge on any atom is -0.454 e. The van der Waals surface area contributed by atoms with Crippen LogP contribution in [0.15, 0.2) is 48.7 Å². The van der Waals surface area contributed by atoms with Crippen LogP contribution in [0.2, 0.25) is 0 Å². The first-order valence-corrected chi connectivity index (χ1v) is 8.09. The first-order chi connectivity index (χ1) is 13.5. The lowest BCUT2D eigenvalue weighted by atomic mass is 10.2. The maximum absolute atomic E-state index is 13.7. The smallest absolute Gasteiger partial charge is 0.274 e. The molecule has 0 fully saturated rings. The number of hydrogen-bond acceptors (Lipinski definition) is 5. The molecule has 3 aromatic rings. The van der Waals surface area contributed by atoms with Gasteiger partial charge in [0, 0.05) is 11.8 Å². The maximum atomic E-state index is 13.7. The van der Waals surface area contributed by atoms with Crippen LogP contribution >= 0.6 is 0 Å². The summed E-state index contributed by atoms with van der Waals surface area (Å²) < 4.78 is 50.4. The Morgan fingerprint density at radius 3 is 2.50 bits per heavy atom. The van der Waals surface area contributed by atoms with Crippen molar-refractivity contribution in [3.05, 3.63) is 71.8 Å². The van der Waals surface area contributed by atoms with Gasteiger partial charge in [-0.3, -0.25) is 4.79 Å². The molecular weight excluding hydrogens is 375 g/mol. The maximum Gasteiger partial charge on any atom is 0.274 e. The van der Waals surface area contributed by atoms with Crippen LogP contribution in [0.4, 0.5) is 30.2 Å². The van der Waals surface area contributed by atoms with Crippen LogP contribution in [-0.2, 0) is 0 Å². The van der Waals surface area contributed by atoms with Crippen LogP contribution in [0.25, 0.3) is 0 Å². The third-order valence-corrected chi connectivity index (χ3v) is 3.94. The normalized spacial score (nSPS) is 12.0. The van der Waals surface area contributed by atoms with E-state index in [1.165, 1.54) is 18.3 Å². The van der Waals surface area contributed by atoms with Crippen molar-refractivity contribution >= 4 is 23.0 Å². The summed E-state index contributed by atoms with van der Waals surface area (Å²) in [4.78, 5) is 16.3. The Balaban J connectivity index is 1.45. The van der Waals surface area contributed by atoms with Gasteiger partial charge >= 0.3 is 0 Å². The second kappa shape index (κ2) is 7.10. The summed E-state index contributed by atoms with van der Waals surface area (Å²) in [5, 5.41) is 5.25. The minimum absolute atomic E-state index is 0.106. The summed E-state index contributed by atoms with van der Waals surface area (Å²) >= 11 is 0. The Bertz CT molecular complexity index is 1060. The van der Waals surface area contributed by atoms with Gasteiger partial charge in [0.15, 0.2) is 29.0 Å². The fourth-order valence-corrected chi connectivity index (χ4v) is 2.55. The quantitative estimate of drug-likeness (QED) is 0.656. The molecule has 1 aliphatic heterocycles. The van der Waals surface area contributed by atoms with Crippen LogP contribution in [0.5, 0.6) is 11.5 Å². The molecule has 1 aliphatic rings. The van der Waals surface area contributed by atoms with Gasteiger partial charge in [-0.25, -0.2) is 18.2 Å². The van der Waals surface area contributed by atoms with Crippen LogP contribution in [0, 0.1) is 17.5 Å². The lowest BCUT2D eigenvalue weighted by Gasteiger charge is -2.09. The summed E-state index contributed by atoms with van der Waals surface area (Å²) in [5.41, 5.74) is 0.652. The number of benzene rings is 2. The Labute approximate surface area is 156 Å². The highest BCUT2D eigenvalue weighted by Gasteiger charge is 2.16. The summed E-state index contributed by atoms with van der Waals surface area (Å²) in [6.45, 7) is 0.126. The molecule has 1 aromatic heterocycles. The monoisotopic (exact) mass is 387 g/mol. The van der Waals surface area contributed by atoms with Gasteiger partial charge in [-0.1, -0.05) is 0 Å². The van der Waals surface area contributed by atoms with Crippen LogP contribution in [0.1, 0.15) is 10.5 Å². The lowest BCUT2D eigenvalue weighted by molar-refractivity contribution is 0.102. The topological polar surface area (TPSA) is 72.5 Å². The third kappa shape index (κ3) is 3.41. The predicted octanol–water partition coefficient (Wildman–Crippen LogP) is 4.22. The predicted molar refractivity (Wildman–Crippen MR) is 94.4 cm³/mol. The van der Waals surface area contributed by atoms with Crippen LogP contribution in [0.3, 0.4) is 0 Å². The number of aromatic nitrogens is 1. The van der Waals surface area contributed by atoms with Gasteiger partial charge in [0.05, 0.1) is 17.6 Å². The van der Waals surface area contributed by atoms with Gasteiger partial charge in [-0.2, -0.15) is 0 Å². The zero-order valence-corrected chi connectivity index (χ0v) is 14.1. The number of fused-ring (bicyclic) bond motifs is 1. The summed E-state index contributed by atoms with van der Waals surface area (Å²) in [5.74, 6) is -3.54. The molecule has 28 heavy (non-hydrogen) atoms. The second-order valence-electron chi connectivity index (χ2n) is 5.80. The molecule has 2 aromatic carbocycles. The highest BCUT2D eigenvalue weighted by atomic mass is 19.2. The first kappa shape index (κ1) is 17.7. The van der Waals surface area contributed by atoms with Crippen molar-refractivity contribution in [1.82, 2.24) is 4.98 Å². The Kier molecular flexibility index (Phi) is 4.48. The number of rotatable bonds is 4. The number of hydrogen-bond donors (Lipinski definition) is 2. The number of pyridine rings is 1. The van der Waals surface area contributed by atoms with Crippen molar-refractivity contribution in [1.29, 1.82) is 0 Å². The highest BCUT2D eigenvalue weighted by molar-refractivity contribution is 6.03. The largest absolute Gasteiger partial charge is 0.454 e. The molecule has 4 rings (SSSR count). The van der Waals surface area contributed by atoms with E-state index >= 15 is 0 Å². The Morgan fingerprint density at radius 1 is 0.929 bits per heavy atom. The number of nitrogens with zero attached hydrogens (tertiary/aromatic N) is 1. The van der Waals surface area contributed by atoms with E-state index in [1.54, 1.807) is 18.2 Å². The average Bonchev–Trinajstić information content (AvgIpc) is 3.17. The molecule has 0 unspecified atom stereocenters. The number of anilines is 3. The fraction of sp³-hybridized carbons (Fsp3) is 0.0526. The van der Waals surface area contributed by atoms with Crippen molar-refractivity contribution in [3.63, 3.8) is 0 Å². The van der Waals surface area contributed by atoms with Gasteiger partial charge in [0.1, 0.15) is 5.69 Å². The van der Waals surface area contributed by atoms with Crippen molar-refractivity contribution in [3.8, 4) is 11.5 Å². The third-order valence-electron chi connectivity index (χ3n) is 3.94. The van der Waals surface area contributed by atoms with Gasteiger partial charge in [-0.15, -0.1) is 0 Å². The number of amides is 1. The van der Waals surface area contributed by atoms with E-state index in [-0.39, 0.29) is 18.2 Å². The van der Waals surface area contributed by atoms with E-state index in [1.807, 2.05) is 0 Å². The zero-order chi connectivity index (χ0) is 19.7. The molecule has 0 radical (unpaired) electrons. The summed E-state index contributed by atoms with van der Waals surface area (Å²) in [7, 11) is 0.